The highest BCUT2D eigenvalue weighted by Crippen LogP contribution is 2.30. The van der Waals surface area contributed by atoms with Crippen molar-refractivity contribution in [1.82, 2.24) is 15.0 Å². The number of carbonyl (C=O) groups excluding carboxylic acids is 1. The molecule has 1 amide bonds. The van der Waals surface area contributed by atoms with Crippen LogP contribution < -0.4 is 4.74 Å². The van der Waals surface area contributed by atoms with E-state index in [9.17, 15) is 9.18 Å². The molecule has 2 aromatic carbocycles. The van der Waals surface area contributed by atoms with E-state index in [0.29, 0.717) is 37.5 Å². The van der Waals surface area contributed by atoms with Gasteiger partial charge in [0.15, 0.2) is 0 Å². The second kappa shape index (κ2) is 8.65. The van der Waals surface area contributed by atoms with E-state index in [0.717, 1.165) is 28.9 Å². The van der Waals surface area contributed by atoms with Gasteiger partial charge in [0, 0.05) is 24.9 Å². The molecule has 0 saturated carbocycles. The highest BCUT2D eigenvalue weighted by atomic mass is 19.1. The molecule has 156 valence electrons. The zero-order valence-corrected chi connectivity index (χ0v) is 17.1. The van der Waals surface area contributed by atoms with E-state index in [4.69, 9.17) is 9.26 Å². The van der Waals surface area contributed by atoms with E-state index in [1.807, 2.05) is 42.2 Å². The number of fused-ring (bicyclic) bond motifs is 1. The highest BCUT2D eigenvalue weighted by molar-refractivity contribution is 5.77. The van der Waals surface area contributed by atoms with Gasteiger partial charge < -0.3 is 14.2 Å². The number of ether oxygens (including phenoxy) is 1. The Morgan fingerprint density at radius 3 is 2.83 bits per heavy atom. The Labute approximate surface area is 174 Å². The fourth-order valence-electron chi connectivity index (χ4n) is 3.87. The summed E-state index contributed by atoms with van der Waals surface area (Å²) in [4.78, 5) is 19.0. The van der Waals surface area contributed by atoms with Crippen molar-refractivity contribution in [2.45, 2.75) is 38.6 Å². The van der Waals surface area contributed by atoms with Gasteiger partial charge in [-0.1, -0.05) is 11.2 Å². The zero-order valence-electron chi connectivity index (χ0n) is 17.1. The summed E-state index contributed by atoms with van der Waals surface area (Å²) in [5, 5.41) is 4.02. The number of benzene rings is 2. The Bertz CT molecular complexity index is 1030. The van der Waals surface area contributed by atoms with Crippen LogP contribution in [-0.4, -0.2) is 34.6 Å². The Kier molecular flexibility index (Phi) is 5.79. The van der Waals surface area contributed by atoms with Crippen LogP contribution in [0.3, 0.4) is 0 Å². The number of nitrogens with zero attached hydrogens (tertiary/aromatic N) is 3. The number of hydrogen-bond acceptors (Lipinski definition) is 5. The summed E-state index contributed by atoms with van der Waals surface area (Å²) in [6.07, 6.45) is 2.28. The van der Waals surface area contributed by atoms with Gasteiger partial charge >= 0.3 is 0 Å². The van der Waals surface area contributed by atoms with Crippen molar-refractivity contribution >= 4 is 5.91 Å². The number of methoxy groups -OCH3 is 1. The number of rotatable bonds is 6. The van der Waals surface area contributed by atoms with Crippen LogP contribution in [0, 0.1) is 5.82 Å². The largest absolute Gasteiger partial charge is 0.497 e. The second-order valence-electron chi connectivity index (χ2n) is 7.45. The first kappa shape index (κ1) is 20.1. The average molecular weight is 409 g/mol. The SMILES string of the molecule is COc1ccc(-c2noc(CCCC(=O)N3CCc4ccc(F)cc4C3C)n2)cc1. The molecule has 1 unspecified atom stereocenters. The van der Waals surface area contributed by atoms with Gasteiger partial charge in [-0.25, -0.2) is 4.39 Å². The molecular weight excluding hydrogens is 385 g/mol. The molecule has 6 nitrogen and oxygen atoms in total. The van der Waals surface area contributed by atoms with Gasteiger partial charge in [-0.15, -0.1) is 0 Å². The van der Waals surface area contributed by atoms with Gasteiger partial charge in [0.25, 0.3) is 0 Å². The van der Waals surface area contributed by atoms with Crippen molar-refractivity contribution in [3.8, 4) is 17.1 Å². The number of aromatic nitrogens is 2. The van der Waals surface area contributed by atoms with Gasteiger partial charge in [0.2, 0.25) is 17.6 Å². The monoisotopic (exact) mass is 409 g/mol. The number of hydrogen-bond donors (Lipinski definition) is 0. The predicted molar refractivity (Wildman–Crippen MR) is 109 cm³/mol. The summed E-state index contributed by atoms with van der Waals surface area (Å²) in [7, 11) is 1.62. The average Bonchev–Trinajstić information content (AvgIpc) is 3.23. The summed E-state index contributed by atoms with van der Waals surface area (Å²) in [6.45, 7) is 2.61. The maximum Gasteiger partial charge on any atom is 0.226 e. The van der Waals surface area contributed by atoms with Crippen molar-refractivity contribution in [1.29, 1.82) is 0 Å². The Morgan fingerprint density at radius 2 is 2.07 bits per heavy atom. The Hall–Kier alpha value is -3.22. The second-order valence-corrected chi connectivity index (χ2v) is 7.45. The number of amides is 1. The first-order valence-electron chi connectivity index (χ1n) is 10.1. The molecule has 1 atom stereocenters. The number of aryl methyl sites for hydroxylation is 1. The standard InChI is InChI=1S/C23H24FN3O3/c1-15-20-14-18(24)9-6-16(20)12-13-27(15)22(28)5-3-4-21-25-23(26-30-21)17-7-10-19(29-2)11-8-17/h6-11,14-15H,3-5,12-13H2,1-2H3. The quantitative estimate of drug-likeness (QED) is 0.605. The Balaban J connectivity index is 1.32. The Morgan fingerprint density at radius 1 is 1.27 bits per heavy atom. The molecule has 1 aromatic heterocycles. The van der Waals surface area contributed by atoms with Crippen LogP contribution in [0.2, 0.25) is 0 Å². The van der Waals surface area contributed by atoms with Crippen molar-refractivity contribution < 1.29 is 18.4 Å². The van der Waals surface area contributed by atoms with E-state index in [-0.39, 0.29) is 17.8 Å². The minimum atomic E-state index is -0.265. The lowest BCUT2D eigenvalue weighted by atomic mass is 9.93. The van der Waals surface area contributed by atoms with Crippen LogP contribution in [0.5, 0.6) is 5.75 Å². The number of carbonyl (C=O) groups is 1. The predicted octanol–water partition coefficient (Wildman–Crippen LogP) is 4.35. The molecule has 0 spiro atoms. The maximum absolute atomic E-state index is 13.6. The molecule has 0 bridgehead atoms. The molecule has 0 radical (unpaired) electrons. The summed E-state index contributed by atoms with van der Waals surface area (Å²) < 4.78 is 24.1. The van der Waals surface area contributed by atoms with E-state index in [2.05, 4.69) is 10.1 Å². The summed E-state index contributed by atoms with van der Waals surface area (Å²) in [5.74, 6) is 1.58. The van der Waals surface area contributed by atoms with Crippen molar-refractivity contribution in [3.05, 3.63) is 65.3 Å². The normalized spacial score (nSPS) is 15.7. The fraction of sp³-hybridized carbons (Fsp3) is 0.348. The third kappa shape index (κ3) is 4.20. The topological polar surface area (TPSA) is 68.5 Å². The zero-order chi connectivity index (χ0) is 21.1. The van der Waals surface area contributed by atoms with Crippen LogP contribution in [0.1, 0.15) is 42.8 Å². The fourth-order valence-corrected chi connectivity index (χ4v) is 3.87. The van der Waals surface area contributed by atoms with Gasteiger partial charge in [-0.3, -0.25) is 4.79 Å². The molecule has 30 heavy (non-hydrogen) atoms. The molecule has 4 rings (SSSR count). The molecule has 0 fully saturated rings. The molecule has 1 aliphatic rings. The van der Waals surface area contributed by atoms with E-state index in [1.54, 1.807) is 13.2 Å². The lowest BCUT2D eigenvalue weighted by Crippen LogP contribution is -2.38. The molecule has 0 N–H and O–H groups in total. The van der Waals surface area contributed by atoms with Gasteiger partial charge in [-0.05, 0) is 67.3 Å². The highest BCUT2D eigenvalue weighted by Gasteiger charge is 2.27. The molecule has 2 heterocycles. The summed E-state index contributed by atoms with van der Waals surface area (Å²) >= 11 is 0. The van der Waals surface area contributed by atoms with Crippen LogP contribution in [-0.2, 0) is 17.6 Å². The van der Waals surface area contributed by atoms with Crippen LogP contribution in [0.4, 0.5) is 4.39 Å². The molecule has 0 aliphatic carbocycles. The number of halogens is 1. The van der Waals surface area contributed by atoms with Crippen LogP contribution in [0.25, 0.3) is 11.4 Å². The van der Waals surface area contributed by atoms with Crippen LogP contribution >= 0.6 is 0 Å². The van der Waals surface area contributed by atoms with Crippen molar-refractivity contribution in [2.24, 2.45) is 0 Å². The summed E-state index contributed by atoms with van der Waals surface area (Å²) in [5.41, 5.74) is 2.86. The first-order valence-corrected chi connectivity index (χ1v) is 10.1. The van der Waals surface area contributed by atoms with E-state index >= 15 is 0 Å². The van der Waals surface area contributed by atoms with Crippen LogP contribution in [0.15, 0.2) is 47.0 Å². The molecule has 7 heteroatoms. The van der Waals surface area contributed by atoms with Gasteiger partial charge in [-0.2, -0.15) is 4.98 Å². The smallest absolute Gasteiger partial charge is 0.226 e. The third-order valence-electron chi connectivity index (χ3n) is 5.57. The van der Waals surface area contributed by atoms with Crippen molar-refractivity contribution in [2.75, 3.05) is 13.7 Å². The van der Waals surface area contributed by atoms with E-state index in [1.165, 1.54) is 6.07 Å². The minimum absolute atomic E-state index is 0.0623. The molecular formula is C23H24FN3O3. The van der Waals surface area contributed by atoms with Crippen molar-refractivity contribution in [3.63, 3.8) is 0 Å². The van der Waals surface area contributed by atoms with E-state index < -0.39 is 0 Å². The minimum Gasteiger partial charge on any atom is -0.497 e. The van der Waals surface area contributed by atoms with Gasteiger partial charge in [0.05, 0.1) is 13.2 Å². The molecule has 3 aromatic rings. The summed E-state index contributed by atoms with van der Waals surface area (Å²) in [6, 6.07) is 12.1. The molecule has 0 saturated heterocycles. The maximum atomic E-state index is 13.6. The lowest BCUT2D eigenvalue weighted by Gasteiger charge is -2.35. The first-order chi connectivity index (χ1) is 14.5. The third-order valence-corrected chi connectivity index (χ3v) is 5.57. The molecule has 1 aliphatic heterocycles. The van der Waals surface area contributed by atoms with Gasteiger partial charge in [0.1, 0.15) is 11.6 Å². The lowest BCUT2D eigenvalue weighted by molar-refractivity contribution is -0.133.